The van der Waals surface area contributed by atoms with Gasteiger partial charge in [-0.1, -0.05) is 23.8 Å². The first-order valence-electron chi connectivity index (χ1n) is 6.43. The van der Waals surface area contributed by atoms with Crippen molar-refractivity contribution in [2.24, 2.45) is 0 Å². The SMILES string of the molecule is Cc1ccc(OCCNC(=O)/C=C/c2cccs2)cc1. The molecule has 1 amide bonds. The smallest absolute Gasteiger partial charge is 0.244 e. The molecule has 2 aromatic rings. The minimum absolute atomic E-state index is 0.106. The van der Waals surface area contributed by atoms with Crippen LogP contribution in [-0.2, 0) is 4.79 Å². The van der Waals surface area contributed by atoms with Crippen LogP contribution in [0.3, 0.4) is 0 Å². The molecule has 0 aliphatic rings. The lowest BCUT2D eigenvalue weighted by molar-refractivity contribution is -0.116. The number of hydrogen-bond acceptors (Lipinski definition) is 3. The van der Waals surface area contributed by atoms with Gasteiger partial charge >= 0.3 is 0 Å². The van der Waals surface area contributed by atoms with E-state index in [1.54, 1.807) is 17.4 Å². The Hall–Kier alpha value is -2.07. The van der Waals surface area contributed by atoms with Crippen LogP contribution in [0.5, 0.6) is 5.75 Å². The van der Waals surface area contributed by atoms with Crippen molar-refractivity contribution in [3.63, 3.8) is 0 Å². The van der Waals surface area contributed by atoms with Gasteiger partial charge in [0.2, 0.25) is 5.91 Å². The van der Waals surface area contributed by atoms with Crippen molar-refractivity contribution < 1.29 is 9.53 Å². The van der Waals surface area contributed by atoms with Gasteiger partial charge in [-0.05, 0) is 36.6 Å². The third kappa shape index (κ3) is 4.90. The molecule has 0 aliphatic heterocycles. The van der Waals surface area contributed by atoms with Crippen molar-refractivity contribution in [1.82, 2.24) is 5.32 Å². The zero-order valence-corrected chi connectivity index (χ0v) is 12.2. The van der Waals surface area contributed by atoms with E-state index < -0.39 is 0 Å². The first-order chi connectivity index (χ1) is 9.74. The Morgan fingerprint density at radius 2 is 2.10 bits per heavy atom. The van der Waals surface area contributed by atoms with Gasteiger partial charge < -0.3 is 10.1 Å². The molecule has 1 N–H and O–H groups in total. The number of carbonyl (C=O) groups excluding carboxylic acids is 1. The Labute approximate surface area is 122 Å². The van der Waals surface area contributed by atoms with Crippen LogP contribution in [0.1, 0.15) is 10.4 Å². The number of nitrogens with one attached hydrogen (secondary N) is 1. The van der Waals surface area contributed by atoms with Gasteiger partial charge in [-0.15, -0.1) is 11.3 Å². The van der Waals surface area contributed by atoms with Gasteiger partial charge in [0.25, 0.3) is 0 Å². The molecule has 0 saturated carbocycles. The predicted molar refractivity (Wildman–Crippen MR) is 83.0 cm³/mol. The van der Waals surface area contributed by atoms with E-state index >= 15 is 0 Å². The Morgan fingerprint density at radius 3 is 2.80 bits per heavy atom. The van der Waals surface area contributed by atoms with Crippen LogP contribution >= 0.6 is 11.3 Å². The van der Waals surface area contributed by atoms with E-state index in [0.29, 0.717) is 13.2 Å². The van der Waals surface area contributed by atoms with Gasteiger partial charge in [-0.3, -0.25) is 4.79 Å². The highest BCUT2D eigenvalue weighted by Crippen LogP contribution is 2.11. The first-order valence-corrected chi connectivity index (χ1v) is 7.31. The summed E-state index contributed by atoms with van der Waals surface area (Å²) in [4.78, 5) is 12.6. The van der Waals surface area contributed by atoms with Crippen LogP contribution in [0.4, 0.5) is 0 Å². The molecule has 4 heteroatoms. The molecule has 0 fully saturated rings. The van der Waals surface area contributed by atoms with Crippen LogP contribution in [0.25, 0.3) is 6.08 Å². The summed E-state index contributed by atoms with van der Waals surface area (Å²) >= 11 is 1.60. The molecule has 0 aliphatic carbocycles. The summed E-state index contributed by atoms with van der Waals surface area (Å²) in [5.74, 6) is 0.713. The van der Waals surface area contributed by atoms with Crippen molar-refractivity contribution >= 4 is 23.3 Å². The lowest BCUT2D eigenvalue weighted by Gasteiger charge is -2.06. The molecule has 1 aromatic heterocycles. The molecule has 104 valence electrons. The van der Waals surface area contributed by atoms with Crippen LogP contribution in [-0.4, -0.2) is 19.1 Å². The van der Waals surface area contributed by atoms with Crippen molar-refractivity contribution in [3.8, 4) is 5.75 Å². The van der Waals surface area contributed by atoms with Gasteiger partial charge in [0.1, 0.15) is 12.4 Å². The molecule has 0 saturated heterocycles. The average Bonchev–Trinajstić information content (AvgIpc) is 2.96. The summed E-state index contributed by atoms with van der Waals surface area (Å²) in [5, 5.41) is 4.76. The fraction of sp³-hybridized carbons (Fsp3) is 0.188. The van der Waals surface area contributed by atoms with E-state index in [-0.39, 0.29) is 5.91 Å². The molecule has 0 radical (unpaired) electrons. The van der Waals surface area contributed by atoms with E-state index in [2.05, 4.69) is 5.32 Å². The number of carbonyl (C=O) groups is 1. The summed E-state index contributed by atoms with van der Waals surface area (Å²) in [7, 11) is 0. The summed E-state index contributed by atoms with van der Waals surface area (Å²) in [6, 6.07) is 11.8. The molecular formula is C16H17NO2S. The fourth-order valence-electron chi connectivity index (χ4n) is 1.58. The maximum Gasteiger partial charge on any atom is 0.244 e. The quantitative estimate of drug-likeness (QED) is 0.654. The standard InChI is InChI=1S/C16H17NO2S/c1-13-4-6-14(7-5-13)19-11-10-17-16(18)9-8-15-3-2-12-20-15/h2-9,12H,10-11H2,1H3,(H,17,18)/b9-8+. The maximum atomic E-state index is 11.5. The number of hydrogen-bond donors (Lipinski definition) is 1. The van der Waals surface area contributed by atoms with Crippen LogP contribution in [0.15, 0.2) is 47.9 Å². The van der Waals surface area contributed by atoms with Crippen molar-refractivity contribution in [3.05, 3.63) is 58.3 Å². The van der Waals surface area contributed by atoms with E-state index in [9.17, 15) is 4.79 Å². The van der Waals surface area contributed by atoms with Crippen molar-refractivity contribution in [2.75, 3.05) is 13.2 Å². The Morgan fingerprint density at radius 1 is 1.30 bits per heavy atom. The van der Waals surface area contributed by atoms with E-state index in [0.717, 1.165) is 10.6 Å². The molecule has 1 aromatic carbocycles. The van der Waals surface area contributed by atoms with E-state index in [1.807, 2.05) is 48.7 Å². The Balaban J connectivity index is 1.65. The monoisotopic (exact) mass is 287 g/mol. The van der Waals surface area contributed by atoms with Gasteiger partial charge in [0.05, 0.1) is 6.54 Å². The van der Waals surface area contributed by atoms with Gasteiger partial charge in [-0.25, -0.2) is 0 Å². The molecule has 1 heterocycles. The summed E-state index contributed by atoms with van der Waals surface area (Å²) in [5.41, 5.74) is 1.20. The second kappa shape index (κ2) is 7.50. The number of aryl methyl sites for hydroxylation is 1. The van der Waals surface area contributed by atoms with Crippen molar-refractivity contribution in [2.45, 2.75) is 6.92 Å². The van der Waals surface area contributed by atoms with Crippen LogP contribution < -0.4 is 10.1 Å². The average molecular weight is 287 g/mol. The highest BCUT2D eigenvalue weighted by Gasteiger charge is 1.96. The minimum atomic E-state index is -0.106. The molecule has 20 heavy (non-hydrogen) atoms. The Bertz CT molecular complexity index is 559. The molecule has 2 rings (SSSR count). The normalized spacial score (nSPS) is 10.7. The second-order valence-electron chi connectivity index (χ2n) is 4.30. The third-order valence-electron chi connectivity index (χ3n) is 2.63. The van der Waals surface area contributed by atoms with Crippen LogP contribution in [0.2, 0.25) is 0 Å². The topological polar surface area (TPSA) is 38.3 Å². The summed E-state index contributed by atoms with van der Waals surface area (Å²) in [6.07, 6.45) is 3.35. The number of thiophene rings is 1. The fourth-order valence-corrected chi connectivity index (χ4v) is 2.20. The second-order valence-corrected chi connectivity index (χ2v) is 5.28. The van der Waals surface area contributed by atoms with E-state index in [1.165, 1.54) is 11.6 Å². The molecular weight excluding hydrogens is 270 g/mol. The van der Waals surface area contributed by atoms with Gasteiger partial charge in [-0.2, -0.15) is 0 Å². The van der Waals surface area contributed by atoms with Gasteiger partial charge in [0, 0.05) is 11.0 Å². The first kappa shape index (κ1) is 14.3. The minimum Gasteiger partial charge on any atom is -0.492 e. The molecule has 0 unspecified atom stereocenters. The van der Waals surface area contributed by atoms with Crippen molar-refractivity contribution in [1.29, 1.82) is 0 Å². The summed E-state index contributed by atoms with van der Waals surface area (Å²) < 4.78 is 5.53. The predicted octanol–water partition coefficient (Wildman–Crippen LogP) is 3.26. The third-order valence-corrected chi connectivity index (χ3v) is 3.47. The zero-order chi connectivity index (χ0) is 14.2. The maximum absolute atomic E-state index is 11.5. The number of rotatable bonds is 6. The molecule has 3 nitrogen and oxygen atoms in total. The molecule has 0 bridgehead atoms. The number of benzene rings is 1. The zero-order valence-electron chi connectivity index (χ0n) is 11.3. The highest BCUT2D eigenvalue weighted by molar-refractivity contribution is 7.10. The lowest BCUT2D eigenvalue weighted by atomic mass is 10.2. The van der Waals surface area contributed by atoms with E-state index in [4.69, 9.17) is 4.74 Å². The van der Waals surface area contributed by atoms with Gasteiger partial charge in [0.15, 0.2) is 0 Å². The number of amides is 1. The summed E-state index contributed by atoms with van der Waals surface area (Å²) in [6.45, 7) is 2.98. The molecule has 0 atom stereocenters. The largest absolute Gasteiger partial charge is 0.492 e. The number of ether oxygens (including phenoxy) is 1. The molecule has 0 spiro atoms. The Kier molecular flexibility index (Phi) is 5.38. The lowest BCUT2D eigenvalue weighted by Crippen LogP contribution is -2.26. The highest BCUT2D eigenvalue weighted by atomic mass is 32.1. The van der Waals surface area contributed by atoms with Crippen LogP contribution in [0, 0.1) is 6.92 Å².